The number of anilines is 1. The molecule has 3 aromatic rings. The summed E-state index contributed by atoms with van der Waals surface area (Å²) >= 11 is 6.59. The second-order valence-corrected chi connectivity index (χ2v) is 9.63. The van der Waals surface area contributed by atoms with E-state index in [9.17, 15) is 14.4 Å². The van der Waals surface area contributed by atoms with Gasteiger partial charge in [-0.25, -0.2) is 9.69 Å². The van der Waals surface area contributed by atoms with Crippen LogP contribution in [0, 0.1) is 27.7 Å². The number of hydrogen-bond donors (Lipinski definition) is 1. The summed E-state index contributed by atoms with van der Waals surface area (Å²) in [5, 5.41) is 2.52. The van der Waals surface area contributed by atoms with E-state index in [0.29, 0.717) is 29.4 Å². The lowest BCUT2D eigenvalue weighted by Crippen LogP contribution is -2.54. The van der Waals surface area contributed by atoms with Crippen LogP contribution < -0.4 is 19.7 Å². The molecule has 0 aliphatic carbocycles. The van der Waals surface area contributed by atoms with Crippen LogP contribution in [0.2, 0.25) is 5.02 Å². The van der Waals surface area contributed by atoms with Crippen LogP contribution in [0.4, 0.5) is 10.5 Å². The number of imide groups is 2. The lowest BCUT2D eigenvalue weighted by molar-refractivity contribution is -0.122. The van der Waals surface area contributed by atoms with Gasteiger partial charge in [-0.15, -0.1) is 0 Å². The molecule has 8 heteroatoms. The van der Waals surface area contributed by atoms with Crippen molar-refractivity contribution in [2.45, 2.75) is 41.2 Å². The Morgan fingerprint density at radius 3 is 2.34 bits per heavy atom. The Labute approximate surface area is 227 Å². The van der Waals surface area contributed by atoms with Gasteiger partial charge in [-0.3, -0.25) is 14.9 Å². The second-order valence-electron chi connectivity index (χ2n) is 9.22. The number of benzene rings is 3. The maximum atomic E-state index is 13.4. The molecule has 38 heavy (non-hydrogen) atoms. The summed E-state index contributed by atoms with van der Waals surface area (Å²) in [6, 6.07) is 13.9. The van der Waals surface area contributed by atoms with Gasteiger partial charge < -0.3 is 9.47 Å². The molecule has 0 radical (unpaired) electrons. The van der Waals surface area contributed by atoms with E-state index in [2.05, 4.69) is 11.4 Å². The minimum absolute atomic E-state index is 0.201. The maximum absolute atomic E-state index is 13.4. The molecule has 1 aliphatic heterocycles. The second kappa shape index (κ2) is 11.1. The molecule has 3 aromatic carbocycles. The number of rotatable bonds is 7. The molecule has 7 nitrogen and oxygen atoms in total. The monoisotopic (exact) mass is 532 g/mol. The Morgan fingerprint density at radius 2 is 1.63 bits per heavy atom. The van der Waals surface area contributed by atoms with E-state index in [-0.39, 0.29) is 17.2 Å². The number of barbiturate groups is 1. The first-order valence-electron chi connectivity index (χ1n) is 12.2. The van der Waals surface area contributed by atoms with Crippen molar-refractivity contribution in [3.63, 3.8) is 0 Å². The van der Waals surface area contributed by atoms with E-state index in [1.54, 1.807) is 25.1 Å². The van der Waals surface area contributed by atoms with Crippen molar-refractivity contribution in [3.8, 4) is 11.5 Å². The third kappa shape index (κ3) is 5.58. The summed E-state index contributed by atoms with van der Waals surface area (Å²) < 4.78 is 11.8. The molecular weight excluding hydrogens is 504 g/mol. The summed E-state index contributed by atoms with van der Waals surface area (Å²) in [5.74, 6) is -0.773. The summed E-state index contributed by atoms with van der Waals surface area (Å²) in [4.78, 5) is 39.7. The van der Waals surface area contributed by atoms with E-state index >= 15 is 0 Å². The van der Waals surface area contributed by atoms with E-state index in [0.717, 1.165) is 27.2 Å². The quantitative estimate of drug-likeness (QED) is 0.288. The fourth-order valence-electron chi connectivity index (χ4n) is 4.13. The van der Waals surface area contributed by atoms with E-state index < -0.39 is 17.8 Å². The number of nitrogens with zero attached hydrogens (tertiary/aromatic N) is 1. The molecule has 4 amide bonds. The summed E-state index contributed by atoms with van der Waals surface area (Å²) in [6.45, 7) is 10.2. The van der Waals surface area contributed by atoms with Gasteiger partial charge in [0.25, 0.3) is 11.8 Å². The normalized spacial score (nSPS) is 14.6. The first kappa shape index (κ1) is 26.9. The average Bonchev–Trinajstić information content (AvgIpc) is 2.85. The van der Waals surface area contributed by atoms with Crippen LogP contribution in [-0.2, 0) is 16.2 Å². The maximum Gasteiger partial charge on any atom is 0.335 e. The number of ether oxygens (including phenoxy) is 2. The van der Waals surface area contributed by atoms with Crippen LogP contribution >= 0.6 is 11.6 Å². The summed E-state index contributed by atoms with van der Waals surface area (Å²) in [7, 11) is 0. The van der Waals surface area contributed by atoms with Gasteiger partial charge in [0.1, 0.15) is 12.2 Å². The SMILES string of the molecule is CCOc1cc(/C=C2\C(=O)NC(=O)N(c3cc(C)ccc3C)C2=O)cc(Cl)c1OCc1ccc(C)c(C)c1. The van der Waals surface area contributed by atoms with Crippen molar-refractivity contribution in [2.75, 3.05) is 11.5 Å². The first-order chi connectivity index (χ1) is 18.1. The van der Waals surface area contributed by atoms with Crippen LogP contribution in [0.15, 0.2) is 54.1 Å². The lowest BCUT2D eigenvalue weighted by Gasteiger charge is -2.28. The molecule has 1 aliphatic rings. The van der Waals surface area contributed by atoms with Crippen LogP contribution in [0.25, 0.3) is 6.08 Å². The molecule has 4 rings (SSSR count). The van der Waals surface area contributed by atoms with Crippen molar-refractivity contribution in [1.82, 2.24) is 5.32 Å². The van der Waals surface area contributed by atoms with Gasteiger partial charge in [0.05, 0.1) is 17.3 Å². The van der Waals surface area contributed by atoms with Crippen molar-refractivity contribution in [3.05, 3.63) is 92.5 Å². The molecule has 196 valence electrons. The molecule has 0 atom stereocenters. The average molecular weight is 533 g/mol. The highest BCUT2D eigenvalue weighted by Crippen LogP contribution is 2.38. The molecule has 0 bridgehead atoms. The van der Waals surface area contributed by atoms with Gasteiger partial charge in [0.2, 0.25) is 0 Å². The largest absolute Gasteiger partial charge is 0.490 e. The van der Waals surface area contributed by atoms with Gasteiger partial charge >= 0.3 is 6.03 Å². The van der Waals surface area contributed by atoms with Crippen LogP contribution in [0.3, 0.4) is 0 Å². The Bertz CT molecular complexity index is 1480. The van der Waals surface area contributed by atoms with Gasteiger partial charge in [-0.05, 0) is 92.3 Å². The van der Waals surface area contributed by atoms with Gasteiger partial charge in [-0.1, -0.05) is 41.9 Å². The molecule has 1 saturated heterocycles. The summed E-state index contributed by atoms with van der Waals surface area (Å²) in [5.41, 5.74) is 5.59. The van der Waals surface area contributed by atoms with E-state index in [1.165, 1.54) is 11.6 Å². The van der Waals surface area contributed by atoms with Crippen molar-refractivity contribution in [1.29, 1.82) is 0 Å². The molecule has 0 saturated carbocycles. The number of halogens is 1. The van der Waals surface area contributed by atoms with Gasteiger partial charge in [0, 0.05) is 0 Å². The number of nitrogens with one attached hydrogen (secondary N) is 1. The predicted molar refractivity (Wildman–Crippen MR) is 148 cm³/mol. The zero-order chi connectivity index (χ0) is 27.6. The smallest absolute Gasteiger partial charge is 0.335 e. The van der Waals surface area contributed by atoms with Crippen molar-refractivity contribution < 1.29 is 23.9 Å². The highest BCUT2D eigenvalue weighted by Gasteiger charge is 2.37. The van der Waals surface area contributed by atoms with Gasteiger partial charge in [0.15, 0.2) is 11.5 Å². The molecular formula is C30H29ClN2O5. The minimum atomic E-state index is -0.797. The molecule has 1 N–H and O–H groups in total. The topological polar surface area (TPSA) is 84.9 Å². The van der Waals surface area contributed by atoms with E-state index in [4.69, 9.17) is 21.1 Å². The van der Waals surface area contributed by atoms with E-state index in [1.807, 2.05) is 52.0 Å². The standard InChI is InChI=1S/C30H29ClN2O5/c1-6-37-26-15-22(14-24(31)27(26)38-16-21-10-9-18(3)20(5)12-21)13-23-28(34)32-30(36)33(29(23)35)25-11-17(2)7-8-19(25)4/h7-15H,6,16H2,1-5H3,(H,32,34,36)/b23-13+. The lowest BCUT2D eigenvalue weighted by atomic mass is 10.0. The van der Waals surface area contributed by atoms with Crippen LogP contribution in [0.5, 0.6) is 11.5 Å². The van der Waals surface area contributed by atoms with Crippen LogP contribution in [-0.4, -0.2) is 24.5 Å². The Morgan fingerprint density at radius 1 is 0.895 bits per heavy atom. The van der Waals surface area contributed by atoms with Crippen molar-refractivity contribution >= 4 is 41.2 Å². The highest BCUT2D eigenvalue weighted by molar-refractivity contribution is 6.39. The number of carbonyl (C=O) groups excluding carboxylic acids is 3. The zero-order valence-electron chi connectivity index (χ0n) is 22.0. The Kier molecular flexibility index (Phi) is 7.88. The minimum Gasteiger partial charge on any atom is -0.490 e. The fourth-order valence-corrected chi connectivity index (χ4v) is 4.40. The number of urea groups is 1. The number of hydrogen-bond acceptors (Lipinski definition) is 5. The highest BCUT2D eigenvalue weighted by atomic mass is 35.5. The molecule has 1 heterocycles. The Balaban J connectivity index is 1.67. The molecule has 0 aromatic heterocycles. The summed E-state index contributed by atoms with van der Waals surface area (Å²) in [6.07, 6.45) is 1.39. The number of amides is 4. The van der Waals surface area contributed by atoms with Gasteiger partial charge in [-0.2, -0.15) is 0 Å². The Hall–Kier alpha value is -4.10. The third-order valence-electron chi connectivity index (χ3n) is 6.30. The molecule has 0 spiro atoms. The van der Waals surface area contributed by atoms with Crippen LogP contribution in [0.1, 0.15) is 40.3 Å². The molecule has 1 fully saturated rings. The van der Waals surface area contributed by atoms with Crippen molar-refractivity contribution in [2.24, 2.45) is 0 Å². The first-order valence-corrected chi connectivity index (χ1v) is 12.6. The predicted octanol–water partition coefficient (Wildman–Crippen LogP) is 6.22. The zero-order valence-corrected chi connectivity index (χ0v) is 22.7. The number of carbonyl (C=O) groups is 3. The molecule has 0 unspecified atom stereocenters. The fraction of sp³-hybridized carbons (Fsp3) is 0.233. The third-order valence-corrected chi connectivity index (χ3v) is 6.59. The number of aryl methyl sites for hydroxylation is 4.